The molecule has 1 amide bonds. The zero-order valence-electron chi connectivity index (χ0n) is 18.0. The number of guanidine groups is 1. The number of nitrogens with one attached hydrogen (secondary N) is 2. The molecular formula is C23H33N5OS. The first-order valence-electron chi connectivity index (χ1n) is 10.7. The van der Waals surface area contributed by atoms with Crippen LogP contribution in [0.2, 0.25) is 0 Å². The van der Waals surface area contributed by atoms with Crippen LogP contribution >= 0.6 is 11.3 Å². The van der Waals surface area contributed by atoms with Crippen LogP contribution in [-0.4, -0.2) is 61.4 Å². The number of hydrogen-bond donors (Lipinski definition) is 2. The summed E-state index contributed by atoms with van der Waals surface area (Å²) in [6.45, 7) is 6.59. The van der Waals surface area contributed by atoms with Crippen LogP contribution < -0.4 is 10.6 Å². The molecule has 30 heavy (non-hydrogen) atoms. The normalized spacial score (nSPS) is 15.7. The maximum absolute atomic E-state index is 12.7. The van der Waals surface area contributed by atoms with Crippen molar-refractivity contribution < 1.29 is 4.79 Å². The highest BCUT2D eigenvalue weighted by Crippen LogP contribution is 2.27. The molecule has 0 bridgehead atoms. The Morgan fingerprint density at radius 1 is 1.17 bits per heavy atom. The summed E-state index contributed by atoms with van der Waals surface area (Å²) in [7, 11) is 1.75. The number of carbonyl (C=O) groups excluding carboxylic acids is 1. The minimum Gasteiger partial charge on any atom is -0.354 e. The van der Waals surface area contributed by atoms with Gasteiger partial charge in [0.1, 0.15) is 0 Å². The Bertz CT molecular complexity index is 787. The summed E-state index contributed by atoms with van der Waals surface area (Å²) in [5, 5.41) is 8.76. The van der Waals surface area contributed by atoms with Crippen LogP contribution in [0.25, 0.3) is 0 Å². The molecule has 3 rings (SSSR count). The zero-order chi connectivity index (χ0) is 21.2. The van der Waals surface area contributed by atoms with Gasteiger partial charge in [0, 0.05) is 31.6 Å². The van der Waals surface area contributed by atoms with E-state index in [0.717, 1.165) is 25.2 Å². The van der Waals surface area contributed by atoms with Gasteiger partial charge in [0.2, 0.25) is 5.91 Å². The number of nitrogens with zero attached hydrogens (tertiary/aromatic N) is 3. The Labute approximate surface area is 184 Å². The van der Waals surface area contributed by atoms with Gasteiger partial charge in [0.05, 0.1) is 12.6 Å². The van der Waals surface area contributed by atoms with Crippen LogP contribution in [0.5, 0.6) is 0 Å². The van der Waals surface area contributed by atoms with E-state index in [9.17, 15) is 4.79 Å². The standard InChI is InChI=1S/C23H33N5OS/c1-3-27(18-19-10-5-4-6-11-19)22(29)17-26-23(24-2)25-16-20(21-12-9-15-30-21)28-13-7-8-14-28/h4-6,9-12,15,20H,3,7-8,13-14,16-18H2,1-2H3,(H2,24,25,26). The molecule has 1 aliphatic rings. The van der Waals surface area contributed by atoms with Gasteiger partial charge in [-0.15, -0.1) is 11.3 Å². The number of aliphatic imine (C=N–C) groups is 1. The summed E-state index contributed by atoms with van der Waals surface area (Å²) in [5.74, 6) is 0.735. The SMILES string of the molecule is CCN(Cc1ccccc1)C(=O)CNC(=NC)NCC(c1cccs1)N1CCCC1. The van der Waals surface area contributed by atoms with Crippen molar-refractivity contribution in [3.8, 4) is 0 Å². The first-order chi connectivity index (χ1) is 14.7. The molecule has 1 aliphatic heterocycles. The predicted molar refractivity (Wildman–Crippen MR) is 125 cm³/mol. The summed E-state index contributed by atoms with van der Waals surface area (Å²) >= 11 is 1.80. The Hall–Kier alpha value is -2.38. The molecule has 1 fully saturated rings. The third-order valence-electron chi connectivity index (χ3n) is 5.50. The van der Waals surface area contributed by atoms with Crippen LogP contribution in [-0.2, 0) is 11.3 Å². The van der Waals surface area contributed by atoms with Crippen molar-refractivity contribution in [2.75, 3.05) is 39.8 Å². The van der Waals surface area contributed by atoms with Gasteiger partial charge >= 0.3 is 0 Å². The average Bonchev–Trinajstić information content (AvgIpc) is 3.50. The fourth-order valence-corrected chi connectivity index (χ4v) is 4.67. The van der Waals surface area contributed by atoms with Crippen LogP contribution in [0.15, 0.2) is 52.8 Å². The van der Waals surface area contributed by atoms with Gasteiger partial charge in [0.15, 0.2) is 5.96 Å². The molecule has 0 spiro atoms. The van der Waals surface area contributed by atoms with Crippen molar-refractivity contribution in [1.82, 2.24) is 20.4 Å². The molecule has 1 aromatic heterocycles. The van der Waals surface area contributed by atoms with Crippen LogP contribution in [0.3, 0.4) is 0 Å². The molecule has 2 N–H and O–H groups in total. The smallest absolute Gasteiger partial charge is 0.242 e. The van der Waals surface area contributed by atoms with Crippen molar-refractivity contribution in [1.29, 1.82) is 0 Å². The maximum atomic E-state index is 12.7. The van der Waals surface area contributed by atoms with E-state index < -0.39 is 0 Å². The lowest BCUT2D eigenvalue weighted by Crippen LogP contribution is -2.46. The molecule has 2 heterocycles. The molecule has 0 aliphatic carbocycles. The zero-order valence-corrected chi connectivity index (χ0v) is 18.8. The molecule has 1 atom stereocenters. The van der Waals surface area contributed by atoms with Crippen molar-refractivity contribution in [2.45, 2.75) is 32.4 Å². The van der Waals surface area contributed by atoms with E-state index in [1.165, 1.54) is 17.7 Å². The molecule has 1 unspecified atom stereocenters. The molecule has 7 heteroatoms. The topological polar surface area (TPSA) is 60.0 Å². The molecule has 1 aromatic carbocycles. The van der Waals surface area contributed by atoms with Gasteiger partial charge in [-0.2, -0.15) is 0 Å². The van der Waals surface area contributed by atoms with Crippen LogP contribution in [0, 0.1) is 0 Å². The van der Waals surface area contributed by atoms with E-state index in [-0.39, 0.29) is 12.5 Å². The highest BCUT2D eigenvalue weighted by Gasteiger charge is 2.24. The minimum absolute atomic E-state index is 0.0682. The summed E-state index contributed by atoms with van der Waals surface area (Å²) in [5.41, 5.74) is 1.14. The monoisotopic (exact) mass is 427 g/mol. The first-order valence-corrected chi connectivity index (χ1v) is 11.6. The Morgan fingerprint density at radius 2 is 1.93 bits per heavy atom. The first kappa shape index (κ1) is 22.3. The second kappa shape index (κ2) is 11.7. The number of rotatable bonds is 9. The molecule has 0 radical (unpaired) electrons. The minimum atomic E-state index is 0.0682. The lowest BCUT2D eigenvalue weighted by molar-refractivity contribution is -0.130. The van der Waals surface area contributed by atoms with Gasteiger partial charge in [-0.05, 0) is 49.9 Å². The molecule has 0 saturated carbocycles. The Balaban J connectivity index is 1.51. The van der Waals surface area contributed by atoms with Gasteiger partial charge in [-0.3, -0.25) is 14.7 Å². The molecular weight excluding hydrogens is 394 g/mol. The Morgan fingerprint density at radius 3 is 2.57 bits per heavy atom. The van der Waals surface area contributed by atoms with E-state index in [0.29, 0.717) is 25.1 Å². The quantitative estimate of drug-likeness (QED) is 0.477. The van der Waals surface area contributed by atoms with E-state index in [1.54, 1.807) is 18.4 Å². The van der Waals surface area contributed by atoms with Crippen molar-refractivity contribution >= 4 is 23.2 Å². The molecule has 162 valence electrons. The fourth-order valence-electron chi connectivity index (χ4n) is 3.81. The summed E-state index contributed by atoms with van der Waals surface area (Å²) < 4.78 is 0. The number of likely N-dealkylation sites (N-methyl/N-ethyl adjacent to an activating group) is 1. The number of amides is 1. The number of thiophene rings is 1. The lowest BCUT2D eigenvalue weighted by atomic mass is 10.2. The number of carbonyl (C=O) groups is 1. The van der Waals surface area contributed by atoms with Crippen molar-refractivity contribution in [2.24, 2.45) is 4.99 Å². The number of benzene rings is 1. The predicted octanol–water partition coefficient (Wildman–Crippen LogP) is 3.10. The van der Waals surface area contributed by atoms with Crippen molar-refractivity contribution in [3.05, 3.63) is 58.3 Å². The van der Waals surface area contributed by atoms with E-state index in [2.05, 4.69) is 38.0 Å². The largest absolute Gasteiger partial charge is 0.354 e. The van der Waals surface area contributed by atoms with E-state index in [4.69, 9.17) is 0 Å². The second-order valence-corrected chi connectivity index (χ2v) is 8.45. The second-order valence-electron chi connectivity index (χ2n) is 7.47. The van der Waals surface area contributed by atoms with Gasteiger partial charge in [-0.1, -0.05) is 36.4 Å². The summed E-state index contributed by atoms with van der Waals surface area (Å²) in [4.78, 5) is 22.8. The summed E-state index contributed by atoms with van der Waals surface area (Å²) in [6.07, 6.45) is 2.52. The molecule has 1 saturated heterocycles. The highest BCUT2D eigenvalue weighted by atomic mass is 32.1. The van der Waals surface area contributed by atoms with Gasteiger partial charge in [-0.25, -0.2) is 0 Å². The van der Waals surface area contributed by atoms with Gasteiger partial charge in [0.25, 0.3) is 0 Å². The molecule has 6 nitrogen and oxygen atoms in total. The van der Waals surface area contributed by atoms with Crippen LogP contribution in [0.1, 0.15) is 36.2 Å². The third-order valence-corrected chi connectivity index (χ3v) is 6.47. The third kappa shape index (κ3) is 6.31. The average molecular weight is 428 g/mol. The fraction of sp³-hybridized carbons (Fsp3) is 0.478. The van der Waals surface area contributed by atoms with Crippen molar-refractivity contribution in [3.63, 3.8) is 0 Å². The summed E-state index contributed by atoms with van der Waals surface area (Å²) in [6, 6.07) is 14.7. The maximum Gasteiger partial charge on any atom is 0.242 e. The van der Waals surface area contributed by atoms with E-state index in [1.807, 2.05) is 42.2 Å². The molecule has 2 aromatic rings. The van der Waals surface area contributed by atoms with Crippen LogP contribution in [0.4, 0.5) is 0 Å². The Kier molecular flexibility index (Phi) is 8.71. The lowest BCUT2D eigenvalue weighted by Gasteiger charge is -2.28. The van der Waals surface area contributed by atoms with E-state index >= 15 is 0 Å². The van der Waals surface area contributed by atoms with Gasteiger partial charge < -0.3 is 15.5 Å². The number of likely N-dealkylation sites (tertiary alicyclic amines) is 1. The highest BCUT2D eigenvalue weighted by molar-refractivity contribution is 7.10. The number of hydrogen-bond acceptors (Lipinski definition) is 4.